The number of amides is 2. The summed E-state index contributed by atoms with van der Waals surface area (Å²) in [6, 6.07) is 14.6. The number of carbonyl (C=O) groups is 2. The number of hydrogen-bond donors (Lipinski definition) is 3. The summed E-state index contributed by atoms with van der Waals surface area (Å²) in [6.45, 7) is 1.45. The molecule has 0 radical (unpaired) electrons. The Morgan fingerprint density at radius 3 is 2.71 bits per heavy atom. The van der Waals surface area contributed by atoms with Gasteiger partial charge in [-0.05, 0) is 23.8 Å². The normalized spacial score (nSPS) is 11.9. The number of nitrogens with zero attached hydrogens (tertiary/aromatic N) is 1. The number of aromatic nitrogens is 2. The quantitative estimate of drug-likeness (QED) is 0.675. The van der Waals surface area contributed by atoms with E-state index < -0.39 is 0 Å². The zero-order chi connectivity index (χ0) is 16.9. The van der Waals surface area contributed by atoms with Crippen molar-refractivity contribution in [1.82, 2.24) is 15.5 Å². The van der Waals surface area contributed by atoms with Crippen molar-refractivity contribution in [3.8, 4) is 0 Å². The maximum absolute atomic E-state index is 12.4. The van der Waals surface area contributed by atoms with Crippen molar-refractivity contribution in [2.45, 2.75) is 19.4 Å². The number of carbonyl (C=O) groups excluding carboxylic acids is 2. The Morgan fingerprint density at radius 1 is 1.17 bits per heavy atom. The summed E-state index contributed by atoms with van der Waals surface area (Å²) in [7, 11) is 0. The predicted octanol–water partition coefficient (Wildman–Crippen LogP) is 2.77. The summed E-state index contributed by atoms with van der Waals surface area (Å²) in [5, 5.41) is 13.4. The Kier molecular flexibility index (Phi) is 4.56. The first kappa shape index (κ1) is 15.7. The number of anilines is 1. The van der Waals surface area contributed by atoms with E-state index in [0.29, 0.717) is 5.69 Å². The van der Waals surface area contributed by atoms with E-state index in [-0.39, 0.29) is 24.3 Å². The summed E-state index contributed by atoms with van der Waals surface area (Å²) >= 11 is 0. The van der Waals surface area contributed by atoms with Gasteiger partial charge in [0.05, 0.1) is 24.2 Å². The maximum atomic E-state index is 12.4. The molecule has 0 saturated heterocycles. The third-order valence-electron chi connectivity index (χ3n) is 3.69. The molecule has 0 aliphatic carbocycles. The average molecular weight is 322 g/mol. The fourth-order valence-electron chi connectivity index (χ4n) is 2.60. The van der Waals surface area contributed by atoms with Crippen molar-refractivity contribution in [3.63, 3.8) is 0 Å². The first-order valence-corrected chi connectivity index (χ1v) is 7.67. The van der Waals surface area contributed by atoms with Gasteiger partial charge in [-0.25, -0.2) is 0 Å². The number of rotatable bonds is 5. The van der Waals surface area contributed by atoms with Crippen molar-refractivity contribution >= 4 is 28.4 Å². The lowest BCUT2D eigenvalue weighted by atomic mass is 10.0. The number of H-pyrrole nitrogens is 1. The highest BCUT2D eigenvalue weighted by Crippen LogP contribution is 2.20. The minimum absolute atomic E-state index is 0.160. The molecule has 1 heterocycles. The molecule has 3 aromatic rings. The number of nitrogens with one attached hydrogen (secondary N) is 3. The minimum Gasteiger partial charge on any atom is -0.349 e. The second kappa shape index (κ2) is 6.95. The Morgan fingerprint density at radius 2 is 1.96 bits per heavy atom. The largest absolute Gasteiger partial charge is 0.349 e. The van der Waals surface area contributed by atoms with Gasteiger partial charge in [0, 0.05) is 18.0 Å². The Hall–Kier alpha value is -3.15. The van der Waals surface area contributed by atoms with Crippen LogP contribution in [0.25, 0.3) is 10.9 Å². The van der Waals surface area contributed by atoms with Crippen molar-refractivity contribution in [3.05, 3.63) is 60.3 Å². The lowest BCUT2D eigenvalue weighted by molar-refractivity contribution is -0.120. The van der Waals surface area contributed by atoms with Gasteiger partial charge in [-0.15, -0.1) is 0 Å². The van der Waals surface area contributed by atoms with Crippen LogP contribution in [0.5, 0.6) is 0 Å². The van der Waals surface area contributed by atoms with Crippen LogP contribution >= 0.6 is 0 Å². The maximum Gasteiger partial charge on any atom is 0.226 e. The fraction of sp³-hybridized carbons (Fsp3) is 0.167. The van der Waals surface area contributed by atoms with Gasteiger partial charge < -0.3 is 10.6 Å². The van der Waals surface area contributed by atoms with Gasteiger partial charge in [0.15, 0.2) is 0 Å². The molecule has 1 atom stereocenters. The summed E-state index contributed by atoms with van der Waals surface area (Å²) in [5.74, 6) is -0.336. The molecule has 0 aliphatic rings. The molecule has 1 unspecified atom stereocenters. The Balaban J connectivity index is 1.71. The van der Waals surface area contributed by atoms with Gasteiger partial charge in [0.25, 0.3) is 0 Å². The predicted molar refractivity (Wildman–Crippen MR) is 92.3 cm³/mol. The number of hydrogen-bond acceptors (Lipinski definition) is 3. The van der Waals surface area contributed by atoms with E-state index in [1.807, 2.05) is 48.5 Å². The molecule has 3 N–H and O–H groups in total. The van der Waals surface area contributed by atoms with Crippen LogP contribution in [-0.2, 0) is 9.59 Å². The van der Waals surface area contributed by atoms with Crippen LogP contribution in [0.3, 0.4) is 0 Å². The van der Waals surface area contributed by atoms with Gasteiger partial charge in [-0.2, -0.15) is 5.10 Å². The summed E-state index contributed by atoms with van der Waals surface area (Å²) in [5.41, 5.74) is 2.50. The highest BCUT2D eigenvalue weighted by atomic mass is 16.2. The van der Waals surface area contributed by atoms with E-state index in [9.17, 15) is 9.59 Å². The molecule has 2 amide bonds. The van der Waals surface area contributed by atoms with E-state index in [1.54, 1.807) is 6.20 Å². The fourth-order valence-corrected chi connectivity index (χ4v) is 2.60. The van der Waals surface area contributed by atoms with Gasteiger partial charge in [-0.1, -0.05) is 30.3 Å². The second-order valence-corrected chi connectivity index (χ2v) is 5.59. The van der Waals surface area contributed by atoms with E-state index in [0.717, 1.165) is 16.5 Å². The van der Waals surface area contributed by atoms with Crippen LogP contribution in [0.4, 0.5) is 5.69 Å². The molecule has 0 spiro atoms. The van der Waals surface area contributed by atoms with Crippen LogP contribution in [0.15, 0.2) is 54.7 Å². The van der Waals surface area contributed by atoms with Crippen molar-refractivity contribution < 1.29 is 9.59 Å². The molecule has 6 heteroatoms. The van der Waals surface area contributed by atoms with Crippen LogP contribution in [0.2, 0.25) is 0 Å². The molecule has 6 nitrogen and oxygen atoms in total. The molecular formula is C18H18N4O2. The van der Waals surface area contributed by atoms with Crippen molar-refractivity contribution in [2.24, 2.45) is 0 Å². The van der Waals surface area contributed by atoms with Gasteiger partial charge >= 0.3 is 0 Å². The summed E-state index contributed by atoms with van der Waals surface area (Å²) in [4.78, 5) is 23.8. The van der Waals surface area contributed by atoms with E-state index in [4.69, 9.17) is 0 Å². The van der Waals surface area contributed by atoms with Crippen LogP contribution < -0.4 is 10.6 Å². The van der Waals surface area contributed by atoms with Crippen molar-refractivity contribution in [1.29, 1.82) is 0 Å². The lowest BCUT2D eigenvalue weighted by Crippen LogP contribution is -2.29. The van der Waals surface area contributed by atoms with Crippen LogP contribution in [-0.4, -0.2) is 22.0 Å². The zero-order valence-corrected chi connectivity index (χ0v) is 13.2. The minimum atomic E-state index is -0.360. The summed E-state index contributed by atoms with van der Waals surface area (Å²) in [6.07, 6.45) is 1.86. The van der Waals surface area contributed by atoms with Crippen LogP contribution in [0.1, 0.15) is 24.9 Å². The Labute approximate surface area is 139 Å². The second-order valence-electron chi connectivity index (χ2n) is 5.59. The third kappa shape index (κ3) is 3.78. The molecule has 122 valence electrons. The first-order chi connectivity index (χ1) is 11.6. The molecule has 3 rings (SSSR count). The Bertz CT molecular complexity index is 858. The zero-order valence-electron chi connectivity index (χ0n) is 13.2. The summed E-state index contributed by atoms with van der Waals surface area (Å²) < 4.78 is 0. The van der Waals surface area contributed by atoms with Crippen LogP contribution in [0, 0.1) is 0 Å². The topological polar surface area (TPSA) is 86.9 Å². The third-order valence-corrected chi connectivity index (χ3v) is 3.69. The molecule has 0 aliphatic heterocycles. The average Bonchev–Trinajstić information content (AvgIpc) is 3.02. The smallest absolute Gasteiger partial charge is 0.226 e. The molecular weight excluding hydrogens is 304 g/mol. The lowest BCUT2D eigenvalue weighted by Gasteiger charge is -2.18. The number of aromatic amines is 1. The van der Waals surface area contributed by atoms with E-state index in [1.165, 1.54) is 6.92 Å². The van der Waals surface area contributed by atoms with Gasteiger partial charge in [0.2, 0.25) is 11.8 Å². The molecule has 2 aromatic carbocycles. The standard InChI is InChI=1S/C18H18N4O2/c1-12(23)20-17(13-5-3-2-4-6-13)10-18(24)21-15-7-8-16-14(9-15)11-19-22-16/h2-9,11,17H,10H2,1H3,(H,19,22)(H,20,23)(H,21,24). The molecule has 1 aromatic heterocycles. The van der Waals surface area contributed by atoms with E-state index >= 15 is 0 Å². The molecule has 0 fully saturated rings. The SMILES string of the molecule is CC(=O)NC(CC(=O)Nc1ccc2[nH]ncc2c1)c1ccccc1. The molecule has 24 heavy (non-hydrogen) atoms. The molecule has 0 bridgehead atoms. The first-order valence-electron chi connectivity index (χ1n) is 7.67. The van der Waals surface area contributed by atoms with E-state index in [2.05, 4.69) is 20.8 Å². The van der Waals surface area contributed by atoms with Crippen molar-refractivity contribution in [2.75, 3.05) is 5.32 Å². The monoisotopic (exact) mass is 322 g/mol. The highest BCUT2D eigenvalue weighted by molar-refractivity contribution is 5.94. The number of benzene rings is 2. The number of fused-ring (bicyclic) bond motifs is 1. The van der Waals surface area contributed by atoms with Gasteiger partial charge in [0.1, 0.15) is 0 Å². The molecule has 0 saturated carbocycles. The highest BCUT2D eigenvalue weighted by Gasteiger charge is 2.17. The van der Waals surface area contributed by atoms with Gasteiger partial charge in [-0.3, -0.25) is 14.7 Å².